The average Bonchev–Trinajstić information content (AvgIpc) is 2.34. The quantitative estimate of drug-likeness (QED) is 0.705. The van der Waals surface area contributed by atoms with Crippen LogP contribution in [0.2, 0.25) is 0 Å². The van der Waals surface area contributed by atoms with Crippen molar-refractivity contribution in [2.75, 3.05) is 0 Å². The lowest BCUT2D eigenvalue weighted by Gasteiger charge is -2.15. The van der Waals surface area contributed by atoms with E-state index >= 15 is 0 Å². The van der Waals surface area contributed by atoms with E-state index < -0.39 is 0 Å². The van der Waals surface area contributed by atoms with Crippen LogP contribution >= 0.6 is 0 Å². The topological polar surface area (TPSA) is 0 Å². The van der Waals surface area contributed by atoms with Gasteiger partial charge in [0.2, 0.25) is 0 Å². The summed E-state index contributed by atoms with van der Waals surface area (Å²) < 4.78 is 0. The molecule has 2 aromatic rings. The normalized spacial score (nSPS) is 12.4. The van der Waals surface area contributed by atoms with Gasteiger partial charge in [0.1, 0.15) is 0 Å². The van der Waals surface area contributed by atoms with Gasteiger partial charge in [-0.25, -0.2) is 0 Å². The van der Waals surface area contributed by atoms with Crippen LogP contribution in [0.1, 0.15) is 29.0 Å². The highest BCUT2D eigenvalue weighted by atomic mass is 14.1. The molecular weight excluding hydrogens is 192 g/mol. The molecule has 1 radical (unpaired) electrons. The van der Waals surface area contributed by atoms with Crippen LogP contribution in [0.3, 0.4) is 0 Å². The highest BCUT2D eigenvalue weighted by molar-refractivity contribution is 5.33. The van der Waals surface area contributed by atoms with Crippen LogP contribution in [0.15, 0.2) is 54.6 Å². The Kier molecular flexibility index (Phi) is 3.40. The monoisotopic (exact) mass is 209 g/mol. The van der Waals surface area contributed by atoms with Gasteiger partial charge in [0.25, 0.3) is 0 Å². The van der Waals surface area contributed by atoms with Crippen molar-refractivity contribution in [2.24, 2.45) is 0 Å². The fourth-order valence-electron chi connectivity index (χ4n) is 2.01. The lowest BCUT2D eigenvalue weighted by atomic mass is 9.89. The minimum absolute atomic E-state index is 0.418. The molecule has 2 rings (SSSR count). The molecule has 0 heterocycles. The Morgan fingerprint density at radius 3 is 2.00 bits per heavy atom. The highest BCUT2D eigenvalue weighted by Gasteiger charge is 2.10. The molecule has 0 nitrogen and oxygen atoms in total. The first-order valence-electron chi connectivity index (χ1n) is 5.72. The second-order valence-corrected chi connectivity index (χ2v) is 4.16. The third kappa shape index (κ3) is 2.33. The van der Waals surface area contributed by atoms with Crippen molar-refractivity contribution in [3.05, 3.63) is 78.2 Å². The van der Waals surface area contributed by atoms with Crippen molar-refractivity contribution in [1.29, 1.82) is 0 Å². The second kappa shape index (κ2) is 4.98. The Labute approximate surface area is 97.9 Å². The Hall–Kier alpha value is -1.56. The molecule has 16 heavy (non-hydrogen) atoms. The van der Waals surface area contributed by atoms with E-state index in [-0.39, 0.29) is 0 Å². The van der Waals surface area contributed by atoms with Gasteiger partial charge < -0.3 is 0 Å². The molecular formula is C16H17. The van der Waals surface area contributed by atoms with Gasteiger partial charge in [-0.3, -0.25) is 0 Å². The van der Waals surface area contributed by atoms with Crippen molar-refractivity contribution in [2.45, 2.75) is 19.3 Å². The van der Waals surface area contributed by atoms with E-state index in [0.29, 0.717) is 5.92 Å². The lowest BCUT2D eigenvalue weighted by Crippen LogP contribution is -1.99. The lowest BCUT2D eigenvalue weighted by molar-refractivity contribution is 0.827. The SMILES string of the molecule is [CH2]CC(c1ccccc1)c1ccc(C)cc1. The number of hydrogen-bond acceptors (Lipinski definition) is 0. The molecule has 0 bridgehead atoms. The van der Waals surface area contributed by atoms with Crippen molar-refractivity contribution in [1.82, 2.24) is 0 Å². The Morgan fingerprint density at radius 1 is 0.875 bits per heavy atom. The predicted octanol–water partition coefficient (Wildman–Crippen LogP) is 4.35. The molecule has 0 spiro atoms. The first-order chi connectivity index (χ1) is 7.81. The maximum atomic E-state index is 4.06. The summed E-state index contributed by atoms with van der Waals surface area (Å²) in [6.07, 6.45) is 0.896. The van der Waals surface area contributed by atoms with E-state index in [2.05, 4.69) is 68.4 Å². The molecule has 0 amide bonds. The van der Waals surface area contributed by atoms with Gasteiger partial charge in [-0.05, 0) is 24.5 Å². The summed E-state index contributed by atoms with van der Waals surface area (Å²) in [7, 11) is 0. The fourth-order valence-corrected chi connectivity index (χ4v) is 2.01. The van der Waals surface area contributed by atoms with Gasteiger partial charge in [0.15, 0.2) is 0 Å². The van der Waals surface area contributed by atoms with Gasteiger partial charge >= 0.3 is 0 Å². The first kappa shape index (κ1) is 10.9. The van der Waals surface area contributed by atoms with Crippen LogP contribution in [0.4, 0.5) is 0 Å². The molecule has 0 fully saturated rings. The van der Waals surface area contributed by atoms with E-state index in [1.807, 2.05) is 0 Å². The van der Waals surface area contributed by atoms with Crippen LogP contribution in [-0.4, -0.2) is 0 Å². The summed E-state index contributed by atoms with van der Waals surface area (Å²) in [4.78, 5) is 0. The zero-order chi connectivity index (χ0) is 11.4. The van der Waals surface area contributed by atoms with Crippen LogP contribution in [0.5, 0.6) is 0 Å². The predicted molar refractivity (Wildman–Crippen MR) is 69.4 cm³/mol. The van der Waals surface area contributed by atoms with Crippen molar-refractivity contribution in [3.8, 4) is 0 Å². The van der Waals surface area contributed by atoms with Crippen LogP contribution < -0.4 is 0 Å². The summed E-state index contributed by atoms with van der Waals surface area (Å²) in [5.41, 5.74) is 4.01. The molecule has 2 aromatic carbocycles. The highest BCUT2D eigenvalue weighted by Crippen LogP contribution is 2.27. The molecule has 1 unspecified atom stereocenters. The van der Waals surface area contributed by atoms with E-state index in [9.17, 15) is 0 Å². The third-order valence-corrected chi connectivity index (χ3v) is 2.97. The van der Waals surface area contributed by atoms with Crippen LogP contribution in [0.25, 0.3) is 0 Å². The molecule has 0 aliphatic carbocycles. The minimum Gasteiger partial charge on any atom is -0.0622 e. The molecule has 0 saturated heterocycles. The molecule has 0 saturated carbocycles. The summed E-state index contributed by atoms with van der Waals surface area (Å²) in [5.74, 6) is 0.418. The van der Waals surface area contributed by atoms with E-state index in [1.54, 1.807) is 0 Å². The Bertz CT molecular complexity index is 425. The van der Waals surface area contributed by atoms with Crippen LogP contribution in [-0.2, 0) is 0 Å². The first-order valence-corrected chi connectivity index (χ1v) is 5.72. The number of hydrogen-bond donors (Lipinski definition) is 0. The third-order valence-electron chi connectivity index (χ3n) is 2.97. The summed E-state index contributed by atoms with van der Waals surface area (Å²) in [5, 5.41) is 0. The number of benzene rings is 2. The summed E-state index contributed by atoms with van der Waals surface area (Å²) >= 11 is 0. The zero-order valence-electron chi connectivity index (χ0n) is 9.69. The maximum Gasteiger partial charge on any atom is 0.00893 e. The van der Waals surface area contributed by atoms with Crippen molar-refractivity contribution < 1.29 is 0 Å². The van der Waals surface area contributed by atoms with Crippen molar-refractivity contribution >= 4 is 0 Å². The number of rotatable bonds is 3. The van der Waals surface area contributed by atoms with E-state index in [0.717, 1.165) is 6.42 Å². The van der Waals surface area contributed by atoms with Gasteiger partial charge in [-0.2, -0.15) is 0 Å². The summed E-state index contributed by atoms with van der Waals surface area (Å²) in [6.45, 7) is 6.18. The van der Waals surface area contributed by atoms with Crippen molar-refractivity contribution in [3.63, 3.8) is 0 Å². The summed E-state index contributed by atoms with van der Waals surface area (Å²) in [6, 6.07) is 19.3. The van der Waals surface area contributed by atoms with Gasteiger partial charge in [-0.1, -0.05) is 67.1 Å². The Balaban J connectivity index is 2.33. The maximum absolute atomic E-state index is 4.06. The molecule has 0 aromatic heterocycles. The average molecular weight is 209 g/mol. The van der Waals surface area contributed by atoms with Gasteiger partial charge in [0.05, 0.1) is 0 Å². The molecule has 0 N–H and O–H groups in total. The minimum atomic E-state index is 0.418. The molecule has 1 atom stereocenters. The van der Waals surface area contributed by atoms with Gasteiger partial charge in [-0.15, -0.1) is 0 Å². The molecule has 81 valence electrons. The smallest absolute Gasteiger partial charge is 0.00893 e. The fraction of sp³-hybridized carbons (Fsp3) is 0.188. The largest absolute Gasteiger partial charge is 0.0622 e. The van der Waals surface area contributed by atoms with Crippen LogP contribution in [0, 0.1) is 13.8 Å². The number of aryl methyl sites for hydroxylation is 1. The molecule has 0 aliphatic heterocycles. The standard InChI is InChI=1S/C16H17/c1-3-16(14-7-5-4-6-8-14)15-11-9-13(2)10-12-15/h4-12,16H,1,3H2,2H3. The zero-order valence-corrected chi connectivity index (χ0v) is 9.69. The van der Waals surface area contributed by atoms with E-state index in [1.165, 1.54) is 16.7 Å². The second-order valence-electron chi connectivity index (χ2n) is 4.16. The molecule has 0 heteroatoms. The Morgan fingerprint density at radius 2 is 1.44 bits per heavy atom. The molecule has 0 aliphatic rings. The van der Waals surface area contributed by atoms with E-state index in [4.69, 9.17) is 0 Å². The van der Waals surface area contributed by atoms with Gasteiger partial charge in [0, 0.05) is 5.92 Å².